The Morgan fingerprint density at radius 1 is 1.16 bits per heavy atom. The zero-order valence-corrected chi connectivity index (χ0v) is 12.4. The van der Waals surface area contributed by atoms with Gasteiger partial charge in [-0.15, -0.1) is 0 Å². The van der Waals surface area contributed by atoms with E-state index >= 15 is 0 Å². The van der Waals surface area contributed by atoms with Crippen LogP contribution in [0.25, 0.3) is 0 Å². The number of nitrogens with one attached hydrogen (secondary N) is 1. The zero-order valence-electron chi connectivity index (χ0n) is 12.4. The van der Waals surface area contributed by atoms with Crippen molar-refractivity contribution in [2.24, 2.45) is 11.5 Å². The number of ether oxygens (including phenoxy) is 1. The number of likely N-dealkylation sites (N-methyl/N-ethyl adjacent to an activating group) is 1. The van der Waals surface area contributed by atoms with Crippen molar-refractivity contribution in [3.8, 4) is 0 Å². The predicted molar refractivity (Wildman–Crippen MR) is 74.3 cm³/mol. The van der Waals surface area contributed by atoms with Crippen LogP contribution in [0.4, 0.5) is 0 Å². The highest BCUT2D eigenvalue weighted by molar-refractivity contribution is 5.81. The van der Waals surface area contributed by atoms with Gasteiger partial charge in [-0.2, -0.15) is 0 Å². The highest BCUT2D eigenvalue weighted by Gasteiger charge is 2.22. The Kier molecular flexibility index (Phi) is 7.63. The first-order chi connectivity index (χ1) is 8.67. The second kappa shape index (κ2) is 8.12. The molecule has 1 amide bonds. The van der Waals surface area contributed by atoms with Gasteiger partial charge in [-0.05, 0) is 47.0 Å². The normalized spacial score (nSPS) is 14.6. The lowest BCUT2D eigenvalue weighted by Gasteiger charge is -2.22. The summed E-state index contributed by atoms with van der Waals surface area (Å²) in [5.41, 5.74) is 10.9. The van der Waals surface area contributed by atoms with E-state index in [2.05, 4.69) is 5.32 Å². The Morgan fingerprint density at radius 3 is 2.16 bits per heavy atom. The van der Waals surface area contributed by atoms with Crippen molar-refractivity contribution in [3.63, 3.8) is 0 Å². The van der Waals surface area contributed by atoms with Gasteiger partial charge >= 0.3 is 5.97 Å². The number of carbonyl (C=O) groups excluding carboxylic acids is 2. The number of carbonyl (C=O) groups is 2. The molecule has 0 aromatic carbocycles. The van der Waals surface area contributed by atoms with Gasteiger partial charge in [0.1, 0.15) is 11.6 Å². The van der Waals surface area contributed by atoms with Gasteiger partial charge in [0.05, 0.1) is 6.04 Å². The minimum atomic E-state index is -0.666. The molecule has 0 aliphatic rings. The fourth-order valence-electron chi connectivity index (χ4n) is 1.49. The third kappa shape index (κ3) is 8.56. The number of rotatable bonds is 7. The van der Waals surface area contributed by atoms with E-state index in [0.29, 0.717) is 25.8 Å². The van der Waals surface area contributed by atoms with Crippen molar-refractivity contribution in [1.82, 2.24) is 5.32 Å². The molecule has 0 aliphatic carbocycles. The summed E-state index contributed by atoms with van der Waals surface area (Å²) >= 11 is 0. The molecule has 5 N–H and O–H groups in total. The van der Waals surface area contributed by atoms with Crippen LogP contribution in [0.5, 0.6) is 0 Å². The van der Waals surface area contributed by atoms with Crippen molar-refractivity contribution in [1.29, 1.82) is 0 Å². The van der Waals surface area contributed by atoms with Gasteiger partial charge in [-0.1, -0.05) is 0 Å². The van der Waals surface area contributed by atoms with E-state index in [1.165, 1.54) is 0 Å². The molecule has 112 valence electrons. The molecule has 6 nitrogen and oxygen atoms in total. The fraction of sp³-hybridized carbons (Fsp3) is 0.846. The maximum absolute atomic E-state index is 11.6. The number of amides is 1. The Bertz CT molecular complexity index is 300. The fourth-order valence-corrected chi connectivity index (χ4v) is 1.49. The van der Waals surface area contributed by atoms with Crippen molar-refractivity contribution in [3.05, 3.63) is 0 Å². The molecular weight excluding hydrogens is 246 g/mol. The van der Waals surface area contributed by atoms with E-state index < -0.39 is 23.7 Å². The van der Waals surface area contributed by atoms with Crippen LogP contribution in [0, 0.1) is 0 Å². The molecule has 6 heteroatoms. The molecule has 0 aliphatic heterocycles. The van der Waals surface area contributed by atoms with Crippen LogP contribution in [-0.2, 0) is 14.3 Å². The van der Waals surface area contributed by atoms with Gasteiger partial charge < -0.3 is 21.5 Å². The van der Waals surface area contributed by atoms with Gasteiger partial charge in [-0.25, -0.2) is 0 Å². The monoisotopic (exact) mass is 273 g/mol. The topological polar surface area (TPSA) is 107 Å². The molecule has 0 radical (unpaired) electrons. The number of nitrogens with two attached hydrogens (primary N) is 2. The standard InChI is InChI=1S/C13H27N3O3/c1-5-16-11(17)9(14)7-6-8-10(15)12(18)19-13(2,3)4/h9-10H,5-8,14-15H2,1-4H3,(H,16,17)/t9-,10?/m0/s1. The highest BCUT2D eigenvalue weighted by atomic mass is 16.6. The summed E-state index contributed by atoms with van der Waals surface area (Å²) in [7, 11) is 0. The maximum Gasteiger partial charge on any atom is 0.323 e. The first kappa shape index (κ1) is 17.9. The van der Waals surface area contributed by atoms with Crippen molar-refractivity contribution in [2.75, 3.05) is 6.54 Å². The molecule has 2 atom stereocenters. The number of hydrogen-bond acceptors (Lipinski definition) is 5. The van der Waals surface area contributed by atoms with E-state index in [9.17, 15) is 9.59 Å². The zero-order chi connectivity index (χ0) is 15.1. The van der Waals surface area contributed by atoms with Crippen molar-refractivity contribution >= 4 is 11.9 Å². The van der Waals surface area contributed by atoms with E-state index in [-0.39, 0.29) is 5.91 Å². The lowest BCUT2D eigenvalue weighted by atomic mass is 10.1. The lowest BCUT2D eigenvalue weighted by molar-refractivity contribution is -0.156. The summed E-state index contributed by atoms with van der Waals surface area (Å²) in [6, 6.07) is -1.22. The van der Waals surface area contributed by atoms with E-state index in [1.54, 1.807) is 20.8 Å². The first-order valence-electron chi connectivity index (χ1n) is 6.69. The first-order valence-corrected chi connectivity index (χ1v) is 6.69. The molecule has 0 aromatic rings. The third-order valence-corrected chi connectivity index (χ3v) is 2.43. The SMILES string of the molecule is CCNC(=O)[C@@H](N)CCCC(N)C(=O)OC(C)(C)C. The average molecular weight is 273 g/mol. The van der Waals surface area contributed by atoms with Gasteiger partial charge in [-0.3, -0.25) is 9.59 Å². The predicted octanol–water partition coefficient (Wildman–Crippen LogP) is 0.289. The van der Waals surface area contributed by atoms with Crippen LogP contribution in [0.1, 0.15) is 47.0 Å². The highest BCUT2D eigenvalue weighted by Crippen LogP contribution is 2.10. The second-order valence-corrected chi connectivity index (χ2v) is 5.57. The van der Waals surface area contributed by atoms with Crippen LogP contribution in [-0.4, -0.2) is 36.1 Å². The third-order valence-electron chi connectivity index (χ3n) is 2.43. The minimum absolute atomic E-state index is 0.173. The van der Waals surface area contributed by atoms with Crippen LogP contribution in [0.15, 0.2) is 0 Å². The molecule has 0 heterocycles. The largest absolute Gasteiger partial charge is 0.459 e. The molecule has 0 fully saturated rings. The van der Waals surface area contributed by atoms with Crippen LogP contribution < -0.4 is 16.8 Å². The summed E-state index contributed by atoms with van der Waals surface area (Å²) < 4.78 is 5.17. The molecule has 0 aromatic heterocycles. The molecule has 0 saturated heterocycles. The summed E-state index contributed by atoms with van der Waals surface area (Å²) in [5.74, 6) is -0.590. The molecule has 0 spiro atoms. The number of esters is 1. The number of hydrogen-bond donors (Lipinski definition) is 3. The van der Waals surface area contributed by atoms with Gasteiger partial charge in [0.25, 0.3) is 0 Å². The summed E-state index contributed by atoms with van der Waals surface area (Å²) in [6.45, 7) is 7.78. The summed E-state index contributed by atoms with van der Waals surface area (Å²) in [4.78, 5) is 23.0. The minimum Gasteiger partial charge on any atom is -0.459 e. The average Bonchev–Trinajstić information content (AvgIpc) is 2.26. The summed E-state index contributed by atoms with van der Waals surface area (Å²) in [6.07, 6.45) is 1.57. The van der Waals surface area contributed by atoms with Crippen LogP contribution >= 0.6 is 0 Å². The molecule has 0 bridgehead atoms. The van der Waals surface area contributed by atoms with Crippen molar-refractivity contribution in [2.45, 2.75) is 64.6 Å². The van der Waals surface area contributed by atoms with Crippen molar-refractivity contribution < 1.29 is 14.3 Å². The van der Waals surface area contributed by atoms with E-state index in [4.69, 9.17) is 16.2 Å². The van der Waals surface area contributed by atoms with Crippen LogP contribution in [0.2, 0.25) is 0 Å². The van der Waals surface area contributed by atoms with Gasteiger partial charge in [0.2, 0.25) is 5.91 Å². The van der Waals surface area contributed by atoms with Crippen LogP contribution in [0.3, 0.4) is 0 Å². The van der Waals surface area contributed by atoms with E-state index in [0.717, 1.165) is 0 Å². The molecular formula is C13H27N3O3. The Morgan fingerprint density at radius 2 is 1.68 bits per heavy atom. The molecule has 19 heavy (non-hydrogen) atoms. The molecule has 0 rings (SSSR count). The second-order valence-electron chi connectivity index (χ2n) is 5.57. The lowest BCUT2D eigenvalue weighted by Crippen LogP contribution is -2.41. The Labute approximate surface area is 115 Å². The molecule has 0 saturated carbocycles. The van der Waals surface area contributed by atoms with Gasteiger partial charge in [0, 0.05) is 6.54 Å². The quantitative estimate of drug-likeness (QED) is 0.578. The van der Waals surface area contributed by atoms with E-state index in [1.807, 2.05) is 6.92 Å². The maximum atomic E-state index is 11.6. The Balaban J connectivity index is 3.94. The van der Waals surface area contributed by atoms with Gasteiger partial charge in [0.15, 0.2) is 0 Å². The molecule has 1 unspecified atom stereocenters. The summed E-state index contributed by atoms with van der Waals surface area (Å²) in [5, 5.41) is 2.65. The smallest absolute Gasteiger partial charge is 0.323 e. The Hall–Kier alpha value is -1.14.